The maximum absolute atomic E-state index is 12.5. The van der Waals surface area contributed by atoms with Gasteiger partial charge in [0.2, 0.25) is 5.91 Å². The molecule has 4 heteroatoms. The molecule has 1 aliphatic heterocycles. The number of nitrogens with two attached hydrogens (primary N) is 1. The normalized spacial score (nSPS) is 24.5. The average molecular weight is 267 g/mol. The summed E-state index contributed by atoms with van der Waals surface area (Å²) in [7, 11) is 0. The van der Waals surface area contributed by atoms with Crippen molar-refractivity contribution in [3.63, 3.8) is 0 Å². The van der Waals surface area contributed by atoms with Crippen LogP contribution in [0.3, 0.4) is 0 Å². The van der Waals surface area contributed by atoms with Crippen LogP contribution in [0.2, 0.25) is 0 Å². The van der Waals surface area contributed by atoms with Gasteiger partial charge in [-0.1, -0.05) is 19.8 Å². The summed E-state index contributed by atoms with van der Waals surface area (Å²) in [6, 6.07) is 0.365. The summed E-state index contributed by atoms with van der Waals surface area (Å²) in [5.74, 6) is 0.224. The summed E-state index contributed by atoms with van der Waals surface area (Å²) in [4.78, 5) is 15.0. The molecule has 0 aromatic carbocycles. The number of nitrogens with one attached hydrogen (secondary N) is 1. The van der Waals surface area contributed by atoms with Crippen molar-refractivity contribution in [1.29, 1.82) is 0 Å². The van der Waals surface area contributed by atoms with Crippen molar-refractivity contribution >= 4 is 5.91 Å². The van der Waals surface area contributed by atoms with Crippen LogP contribution in [0.1, 0.15) is 51.9 Å². The highest BCUT2D eigenvalue weighted by Crippen LogP contribution is 2.37. The fourth-order valence-electron chi connectivity index (χ4n) is 3.53. The number of carbonyl (C=O) groups is 1. The van der Waals surface area contributed by atoms with Crippen molar-refractivity contribution in [3.05, 3.63) is 0 Å². The molecule has 2 fully saturated rings. The number of carbonyl (C=O) groups excluding carboxylic acids is 1. The van der Waals surface area contributed by atoms with Crippen LogP contribution < -0.4 is 11.1 Å². The van der Waals surface area contributed by atoms with Gasteiger partial charge in [0, 0.05) is 25.7 Å². The van der Waals surface area contributed by atoms with Crippen molar-refractivity contribution in [2.24, 2.45) is 11.1 Å². The zero-order valence-corrected chi connectivity index (χ0v) is 12.3. The molecule has 4 nitrogen and oxygen atoms in total. The second-order valence-corrected chi connectivity index (χ2v) is 6.28. The molecule has 0 spiro atoms. The molecular formula is C15H29N3O. The minimum Gasteiger partial charge on any atom is -0.353 e. The van der Waals surface area contributed by atoms with Gasteiger partial charge in [-0.2, -0.15) is 0 Å². The molecule has 1 aliphatic carbocycles. The fraction of sp³-hybridized carbons (Fsp3) is 0.933. The highest BCUT2D eigenvalue weighted by atomic mass is 16.2. The number of likely N-dealkylation sites (tertiary alicyclic amines) is 1. The van der Waals surface area contributed by atoms with Crippen LogP contribution in [0.4, 0.5) is 0 Å². The van der Waals surface area contributed by atoms with Crippen LogP contribution in [0, 0.1) is 5.41 Å². The van der Waals surface area contributed by atoms with Crippen molar-refractivity contribution < 1.29 is 4.79 Å². The molecule has 0 atom stereocenters. The minimum atomic E-state index is -0.249. The van der Waals surface area contributed by atoms with Gasteiger partial charge in [-0.05, 0) is 38.6 Å². The smallest absolute Gasteiger partial charge is 0.227 e. The third kappa shape index (κ3) is 3.48. The summed E-state index contributed by atoms with van der Waals surface area (Å²) in [5, 5.41) is 3.27. The zero-order valence-electron chi connectivity index (χ0n) is 12.3. The molecule has 0 radical (unpaired) electrons. The zero-order chi connectivity index (χ0) is 13.7. The summed E-state index contributed by atoms with van der Waals surface area (Å²) >= 11 is 0. The van der Waals surface area contributed by atoms with Crippen LogP contribution in [-0.4, -0.2) is 43.0 Å². The summed E-state index contributed by atoms with van der Waals surface area (Å²) in [5.41, 5.74) is 5.62. The molecule has 3 N–H and O–H groups in total. The van der Waals surface area contributed by atoms with Crippen LogP contribution in [0.25, 0.3) is 0 Å². The Balaban J connectivity index is 1.80. The Hall–Kier alpha value is -0.610. The number of nitrogens with zero attached hydrogens (tertiary/aromatic N) is 1. The molecule has 19 heavy (non-hydrogen) atoms. The average Bonchev–Trinajstić information content (AvgIpc) is 2.91. The molecule has 0 aromatic heterocycles. The number of piperidine rings is 1. The molecule has 0 bridgehead atoms. The summed E-state index contributed by atoms with van der Waals surface area (Å²) in [6.45, 7) is 6.16. The van der Waals surface area contributed by atoms with Gasteiger partial charge in [0.1, 0.15) is 0 Å². The second kappa shape index (κ2) is 6.71. The predicted molar refractivity (Wildman–Crippen MR) is 77.9 cm³/mol. The van der Waals surface area contributed by atoms with Gasteiger partial charge in [0.05, 0.1) is 5.41 Å². The molecule has 2 rings (SSSR count). The lowest BCUT2D eigenvalue weighted by atomic mass is 9.84. The molecule has 1 heterocycles. The SMILES string of the molecule is CCCN1CCC(NC(=O)C2(CN)CCCC2)CC1. The van der Waals surface area contributed by atoms with E-state index in [1.165, 1.54) is 13.0 Å². The standard InChI is InChI=1S/C15H29N3O/c1-2-9-18-10-5-13(6-11-18)17-14(19)15(12-16)7-3-4-8-15/h13H,2-12,16H2,1H3,(H,17,19). The number of rotatable bonds is 5. The molecule has 2 aliphatic rings. The van der Waals surface area contributed by atoms with Crippen LogP contribution >= 0.6 is 0 Å². The predicted octanol–water partition coefficient (Wildman–Crippen LogP) is 1.50. The van der Waals surface area contributed by atoms with Crippen molar-refractivity contribution in [1.82, 2.24) is 10.2 Å². The quantitative estimate of drug-likeness (QED) is 0.793. The number of hydrogen-bond donors (Lipinski definition) is 2. The van der Waals surface area contributed by atoms with Gasteiger partial charge in [-0.25, -0.2) is 0 Å². The van der Waals surface area contributed by atoms with E-state index in [-0.39, 0.29) is 11.3 Å². The third-order valence-corrected chi connectivity index (χ3v) is 4.90. The monoisotopic (exact) mass is 267 g/mol. The minimum absolute atomic E-state index is 0.224. The Morgan fingerprint density at radius 3 is 2.47 bits per heavy atom. The van der Waals surface area contributed by atoms with E-state index in [0.717, 1.165) is 51.6 Å². The lowest BCUT2D eigenvalue weighted by Crippen LogP contribution is -2.51. The first-order chi connectivity index (χ1) is 9.20. The number of hydrogen-bond acceptors (Lipinski definition) is 3. The third-order valence-electron chi connectivity index (χ3n) is 4.90. The molecule has 1 amide bonds. The van der Waals surface area contributed by atoms with E-state index in [1.54, 1.807) is 0 Å². The fourth-order valence-corrected chi connectivity index (χ4v) is 3.53. The Bertz CT molecular complexity index is 292. The Labute approximate surface area is 117 Å². The van der Waals surface area contributed by atoms with Gasteiger partial charge >= 0.3 is 0 Å². The maximum atomic E-state index is 12.5. The first kappa shape index (κ1) is 14.8. The van der Waals surface area contributed by atoms with Gasteiger partial charge in [-0.3, -0.25) is 4.79 Å². The van der Waals surface area contributed by atoms with Crippen LogP contribution in [0.5, 0.6) is 0 Å². The lowest BCUT2D eigenvalue weighted by molar-refractivity contribution is -0.131. The largest absolute Gasteiger partial charge is 0.353 e. The highest BCUT2D eigenvalue weighted by molar-refractivity contribution is 5.83. The van der Waals surface area contributed by atoms with Crippen molar-refractivity contribution in [2.45, 2.75) is 57.9 Å². The van der Waals surface area contributed by atoms with E-state index in [2.05, 4.69) is 17.1 Å². The lowest BCUT2D eigenvalue weighted by Gasteiger charge is -2.34. The van der Waals surface area contributed by atoms with E-state index in [9.17, 15) is 4.79 Å². The van der Waals surface area contributed by atoms with Crippen LogP contribution in [-0.2, 0) is 4.79 Å². The molecule has 1 saturated heterocycles. The Kier molecular flexibility index (Phi) is 5.22. The maximum Gasteiger partial charge on any atom is 0.227 e. The number of amides is 1. The van der Waals surface area contributed by atoms with E-state index in [0.29, 0.717) is 12.6 Å². The molecule has 0 aromatic rings. The van der Waals surface area contributed by atoms with Gasteiger partial charge in [0.15, 0.2) is 0 Å². The summed E-state index contributed by atoms with van der Waals surface area (Å²) in [6.07, 6.45) is 7.65. The Morgan fingerprint density at radius 2 is 1.95 bits per heavy atom. The van der Waals surface area contributed by atoms with E-state index in [1.807, 2.05) is 0 Å². The molecule has 110 valence electrons. The first-order valence-electron chi connectivity index (χ1n) is 7.93. The molecule has 0 unspecified atom stereocenters. The Morgan fingerprint density at radius 1 is 1.32 bits per heavy atom. The van der Waals surface area contributed by atoms with Gasteiger partial charge < -0.3 is 16.0 Å². The topological polar surface area (TPSA) is 58.4 Å². The van der Waals surface area contributed by atoms with Crippen molar-refractivity contribution in [3.8, 4) is 0 Å². The molecular weight excluding hydrogens is 238 g/mol. The van der Waals surface area contributed by atoms with Gasteiger partial charge in [-0.15, -0.1) is 0 Å². The van der Waals surface area contributed by atoms with E-state index < -0.39 is 0 Å². The highest BCUT2D eigenvalue weighted by Gasteiger charge is 2.40. The molecule has 1 saturated carbocycles. The summed E-state index contributed by atoms with van der Waals surface area (Å²) < 4.78 is 0. The van der Waals surface area contributed by atoms with Gasteiger partial charge in [0.25, 0.3) is 0 Å². The van der Waals surface area contributed by atoms with Crippen molar-refractivity contribution in [2.75, 3.05) is 26.2 Å². The van der Waals surface area contributed by atoms with E-state index >= 15 is 0 Å². The van der Waals surface area contributed by atoms with E-state index in [4.69, 9.17) is 5.73 Å². The first-order valence-corrected chi connectivity index (χ1v) is 7.93. The second-order valence-electron chi connectivity index (χ2n) is 6.28. The van der Waals surface area contributed by atoms with Crippen LogP contribution in [0.15, 0.2) is 0 Å².